The molecule has 0 aromatic heterocycles. The molecule has 0 amide bonds. The van der Waals surface area contributed by atoms with E-state index >= 15 is 0 Å². The van der Waals surface area contributed by atoms with Crippen molar-refractivity contribution in [1.82, 2.24) is 0 Å². The molecule has 0 unspecified atom stereocenters. The molecule has 22 heavy (non-hydrogen) atoms. The van der Waals surface area contributed by atoms with Gasteiger partial charge in [0.05, 0.1) is 0 Å². The van der Waals surface area contributed by atoms with Crippen molar-refractivity contribution in [2.45, 2.75) is 19.4 Å². The van der Waals surface area contributed by atoms with Gasteiger partial charge in [-0.05, 0) is 32.0 Å². The zero-order valence-corrected chi connectivity index (χ0v) is 12.3. The Morgan fingerprint density at radius 2 is 1.41 bits per heavy atom. The smallest absolute Gasteiger partial charge is 0.194 e. The molecule has 0 saturated heterocycles. The maximum absolute atomic E-state index is 12.6. The lowest BCUT2D eigenvalue weighted by Gasteiger charge is -2.17. The van der Waals surface area contributed by atoms with Gasteiger partial charge in [0, 0.05) is 27.8 Å². The number of benzene rings is 2. The highest BCUT2D eigenvalue weighted by Crippen LogP contribution is 2.27. The standard InChI is InChI=1S/C19H14O3/c1-19(2,22)10-9-12-7-8-15-16(11-12)18(21)14-6-4-3-5-13(14)17(15)20/h3-8,11,22H,1-2H3. The van der Waals surface area contributed by atoms with Gasteiger partial charge < -0.3 is 5.11 Å². The average Bonchev–Trinajstić information content (AvgIpc) is 2.50. The molecule has 2 aromatic carbocycles. The number of rotatable bonds is 0. The van der Waals surface area contributed by atoms with Crippen LogP contribution in [-0.2, 0) is 0 Å². The molecule has 0 aliphatic heterocycles. The van der Waals surface area contributed by atoms with Crippen molar-refractivity contribution in [3.63, 3.8) is 0 Å². The summed E-state index contributed by atoms with van der Waals surface area (Å²) in [5.74, 6) is 5.21. The summed E-state index contributed by atoms with van der Waals surface area (Å²) in [4.78, 5) is 25.0. The van der Waals surface area contributed by atoms with E-state index in [0.717, 1.165) is 0 Å². The zero-order valence-electron chi connectivity index (χ0n) is 12.3. The summed E-state index contributed by atoms with van der Waals surface area (Å²) in [6.45, 7) is 3.17. The van der Waals surface area contributed by atoms with Crippen LogP contribution in [-0.4, -0.2) is 22.3 Å². The van der Waals surface area contributed by atoms with Crippen LogP contribution in [0.15, 0.2) is 42.5 Å². The molecule has 2 aromatic rings. The molecule has 0 spiro atoms. The fourth-order valence-electron chi connectivity index (χ4n) is 2.40. The number of hydrogen-bond donors (Lipinski definition) is 1. The summed E-state index contributed by atoms with van der Waals surface area (Å²) in [6.07, 6.45) is 0. The van der Waals surface area contributed by atoms with Gasteiger partial charge >= 0.3 is 0 Å². The number of ketones is 2. The molecule has 108 valence electrons. The van der Waals surface area contributed by atoms with E-state index in [1.807, 2.05) is 0 Å². The summed E-state index contributed by atoms with van der Waals surface area (Å²) in [6, 6.07) is 11.8. The quantitative estimate of drug-likeness (QED) is 0.647. The molecule has 0 fully saturated rings. The molecular formula is C19H14O3. The Kier molecular flexibility index (Phi) is 3.20. The number of fused-ring (bicyclic) bond motifs is 2. The first-order valence-electron chi connectivity index (χ1n) is 6.95. The minimum absolute atomic E-state index is 0.146. The number of hydrogen-bond acceptors (Lipinski definition) is 3. The number of carbonyl (C=O) groups excluding carboxylic acids is 2. The summed E-state index contributed by atoms with van der Waals surface area (Å²) in [5, 5.41) is 9.65. The SMILES string of the molecule is CC(C)(O)C#Cc1ccc2c(c1)C(=O)c1ccccc1C2=O. The summed E-state index contributed by atoms with van der Waals surface area (Å²) in [7, 11) is 0. The van der Waals surface area contributed by atoms with E-state index in [2.05, 4.69) is 11.8 Å². The Morgan fingerprint density at radius 3 is 2.00 bits per heavy atom. The van der Waals surface area contributed by atoms with Crippen LogP contribution in [0.2, 0.25) is 0 Å². The van der Waals surface area contributed by atoms with E-state index in [4.69, 9.17) is 0 Å². The fourth-order valence-corrected chi connectivity index (χ4v) is 2.40. The first-order valence-corrected chi connectivity index (χ1v) is 6.95. The van der Waals surface area contributed by atoms with Gasteiger partial charge in [-0.2, -0.15) is 0 Å². The normalized spacial score (nSPS) is 13.0. The van der Waals surface area contributed by atoms with Crippen molar-refractivity contribution in [2.24, 2.45) is 0 Å². The summed E-state index contributed by atoms with van der Waals surface area (Å²) >= 11 is 0. The van der Waals surface area contributed by atoms with Gasteiger partial charge in [0.1, 0.15) is 5.60 Å². The van der Waals surface area contributed by atoms with Crippen LogP contribution in [0.1, 0.15) is 51.3 Å². The molecule has 0 atom stereocenters. The van der Waals surface area contributed by atoms with Crippen LogP contribution in [0.5, 0.6) is 0 Å². The monoisotopic (exact) mass is 290 g/mol. The number of aliphatic hydroxyl groups is 1. The highest BCUT2D eigenvalue weighted by Gasteiger charge is 2.29. The zero-order chi connectivity index (χ0) is 15.9. The minimum atomic E-state index is -1.11. The Hall–Kier alpha value is -2.70. The topological polar surface area (TPSA) is 54.4 Å². The van der Waals surface area contributed by atoms with Crippen molar-refractivity contribution in [1.29, 1.82) is 0 Å². The van der Waals surface area contributed by atoms with Gasteiger partial charge in [-0.1, -0.05) is 36.1 Å². The Balaban J connectivity index is 2.12. The summed E-state index contributed by atoms with van der Waals surface area (Å²) in [5.41, 5.74) is 1.12. The van der Waals surface area contributed by atoms with Crippen LogP contribution >= 0.6 is 0 Å². The van der Waals surface area contributed by atoms with Crippen molar-refractivity contribution < 1.29 is 14.7 Å². The second-order valence-corrected chi connectivity index (χ2v) is 5.77. The summed E-state index contributed by atoms with van der Waals surface area (Å²) < 4.78 is 0. The molecule has 1 aliphatic rings. The second kappa shape index (κ2) is 4.94. The maximum atomic E-state index is 12.6. The van der Waals surface area contributed by atoms with E-state index in [9.17, 15) is 14.7 Å². The predicted octanol–water partition coefficient (Wildman–Crippen LogP) is 2.58. The van der Waals surface area contributed by atoms with E-state index in [0.29, 0.717) is 27.8 Å². The van der Waals surface area contributed by atoms with Gasteiger partial charge in [0.25, 0.3) is 0 Å². The van der Waals surface area contributed by atoms with Crippen molar-refractivity contribution in [3.8, 4) is 11.8 Å². The highest BCUT2D eigenvalue weighted by molar-refractivity contribution is 6.28. The maximum Gasteiger partial charge on any atom is 0.194 e. The highest BCUT2D eigenvalue weighted by atomic mass is 16.3. The van der Waals surface area contributed by atoms with E-state index in [1.165, 1.54) is 0 Å². The van der Waals surface area contributed by atoms with Gasteiger partial charge in [-0.25, -0.2) is 0 Å². The van der Waals surface area contributed by atoms with Crippen molar-refractivity contribution in [2.75, 3.05) is 0 Å². The first-order chi connectivity index (χ1) is 10.4. The third-order valence-electron chi connectivity index (χ3n) is 3.44. The van der Waals surface area contributed by atoms with Crippen LogP contribution in [0.25, 0.3) is 0 Å². The molecule has 0 radical (unpaired) electrons. The molecule has 0 saturated carbocycles. The second-order valence-electron chi connectivity index (χ2n) is 5.77. The fraction of sp³-hybridized carbons (Fsp3) is 0.158. The van der Waals surface area contributed by atoms with Crippen LogP contribution in [0, 0.1) is 11.8 Å². The Bertz CT molecular complexity index is 858. The molecule has 0 bridgehead atoms. The molecule has 1 N–H and O–H groups in total. The minimum Gasteiger partial charge on any atom is -0.378 e. The molecular weight excluding hydrogens is 276 g/mol. The van der Waals surface area contributed by atoms with Crippen molar-refractivity contribution in [3.05, 3.63) is 70.3 Å². The van der Waals surface area contributed by atoms with E-state index in [-0.39, 0.29) is 11.6 Å². The van der Waals surface area contributed by atoms with E-state index in [1.54, 1.807) is 56.3 Å². The predicted molar refractivity (Wildman–Crippen MR) is 82.9 cm³/mol. The third kappa shape index (κ3) is 2.45. The number of carbonyl (C=O) groups is 2. The van der Waals surface area contributed by atoms with E-state index < -0.39 is 5.60 Å². The lowest BCUT2D eigenvalue weighted by atomic mass is 9.83. The molecule has 0 heterocycles. The van der Waals surface area contributed by atoms with Crippen molar-refractivity contribution >= 4 is 11.6 Å². The average molecular weight is 290 g/mol. The first kappa shape index (κ1) is 14.2. The molecule has 3 heteroatoms. The van der Waals surface area contributed by atoms with Crippen LogP contribution < -0.4 is 0 Å². The third-order valence-corrected chi connectivity index (χ3v) is 3.44. The van der Waals surface area contributed by atoms with Gasteiger partial charge in [-0.3, -0.25) is 9.59 Å². The molecule has 3 rings (SSSR count). The Labute approximate surface area is 128 Å². The molecule has 1 aliphatic carbocycles. The largest absolute Gasteiger partial charge is 0.378 e. The van der Waals surface area contributed by atoms with Crippen LogP contribution in [0.3, 0.4) is 0 Å². The van der Waals surface area contributed by atoms with Gasteiger partial charge in [0.2, 0.25) is 0 Å². The lowest BCUT2D eigenvalue weighted by Crippen LogP contribution is -2.20. The van der Waals surface area contributed by atoms with Gasteiger partial charge in [0.15, 0.2) is 11.6 Å². The van der Waals surface area contributed by atoms with Gasteiger partial charge in [-0.15, -0.1) is 0 Å². The molecule has 3 nitrogen and oxygen atoms in total. The van der Waals surface area contributed by atoms with Crippen LogP contribution in [0.4, 0.5) is 0 Å². The lowest BCUT2D eigenvalue weighted by molar-refractivity contribution is 0.0979. The Morgan fingerprint density at radius 1 is 0.864 bits per heavy atom.